The van der Waals surface area contributed by atoms with Gasteiger partial charge >= 0.3 is 0 Å². The van der Waals surface area contributed by atoms with E-state index < -0.39 is 0 Å². The molecule has 0 amide bonds. The molecule has 1 heterocycles. The average Bonchev–Trinajstić information content (AvgIpc) is 2.56. The lowest BCUT2D eigenvalue weighted by Crippen LogP contribution is -2.15. The molecule has 1 aromatic heterocycles. The lowest BCUT2D eigenvalue weighted by atomic mass is 10.2. The zero-order chi connectivity index (χ0) is 9.68. The number of nitrogens with zero attached hydrogens (tertiary/aromatic N) is 2. The molecule has 13 heavy (non-hydrogen) atoms. The van der Waals surface area contributed by atoms with Crippen LogP contribution in [-0.4, -0.2) is 12.0 Å². The highest BCUT2D eigenvalue weighted by atomic mass is 32.1. The van der Waals surface area contributed by atoms with Crippen LogP contribution in [0.25, 0.3) is 0 Å². The van der Waals surface area contributed by atoms with Gasteiger partial charge in [0, 0.05) is 11.4 Å². The summed E-state index contributed by atoms with van der Waals surface area (Å²) in [5, 5.41) is 14.6. The highest BCUT2D eigenvalue weighted by Crippen LogP contribution is 2.18. The largest absolute Gasteiger partial charge is 0.312 e. The molecule has 0 fully saturated rings. The monoisotopic (exact) mass is 195 g/mol. The number of hydrogen-bond acceptors (Lipinski definition) is 4. The summed E-state index contributed by atoms with van der Waals surface area (Å²) in [6, 6.07) is 2.42. The van der Waals surface area contributed by atoms with Gasteiger partial charge in [-0.05, 0) is 13.5 Å². The summed E-state index contributed by atoms with van der Waals surface area (Å²) in [5.74, 6) is 0. The number of nitrogens with one attached hydrogen (secondary N) is 1. The maximum absolute atomic E-state index is 8.48. The van der Waals surface area contributed by atoms with Gasteiger partial charge in [-0.3, -0.25) is 0 Å². The van der Waals surface area contributed by atoms with E-state index in [-0.39, 0.29) is 0 Å². The van der Waals surface area contributed by atoms with Crippen molar-refractivity contribution in [1.29, 1.82) is 5.26 Å². The molecule has 1 N–H and O–H groups in total. The summed E-state index contributed by atoms with van der Waals surface area (Å²) >= 11 is 1.56. The molecule has 0 aliphatic rings. The van der Waals surface area contributed by atoms with E-state index in [0.29, 0.717) is 12.5 Å². The van der Waals surface area contributed by atoms with Crippen molar-refractivity contribution in [2.24, 2.45) is 0 Å². The molecule has 0 aromatic carbocycles. The number of rotatable bonds is 4. The molecule has 4 heteroatoms. The average molecular weight is 195 g/mol. The van der Waals surface area contributed by atoms with E-state index in [9.17, 15) is 0 Å². The molecule has 1 aromatic rings. The van der Waals surface area contributed by atoms with Gasteiger partial charge in [0.2, 0.25) is 0 Å². The smallest absolute Gasteiger partial charge is 0.107 e. The SMILES string of the molecule is CCC(NC)c1csc(CC#N)n1. The Balaban J connectivity index is 2.73. The van der Waals surface area contributed by atoms with Crippen molar-refractivity contribution < 1.29 is 0 Å². The van der Waals surface area contributed by atoms with Crippen LogP contribution in [0.5, 0.6) is 0 Å². The fourth-order valence-electron chi connectivity index (χ4n) is 1.20. The number of thiazole rings is 1. The highest BCUT2D eigenvalue weighted by Gasteiger charge is 2.10. The molecule has 0 aliphatic heterocycles. The Kier molecular flexibility index (Phi) is 3.87. The molecule has 0 saturated carbocycles. The lowest BCUT2D eigenvalue weighted by molar-refractivity contribution is 0.563. The molecule has 1 rings (SSSR count). The first-order valence-electron chi connectivity index (χ1n) is 4.30. The maximum Gasteiger partial charge on any atom is 0.107 e. The fourth-order valence-corrected chi connectivity index (χ4v) is 1.97. The van der Waals surface area contributed by atoms with Gasteiger partial charge in [0.15, 0.2) is 0 Å². The van der Waals surface area contributed by atoms with E-state index in [0.717, 1.165) is 17.1 Å². The van der Waals surface area contributed by atoms with Crippen LogP contribution in [0.2, 0.25) is 0 Å². The zero-order valence-corrected chi connectivity index (χ0v) is 8.69. The Labute approximate surface area is 82.4 Å². The second kappa shape index (κ2) is 4.95. The molecule has 3 nitrogen and oxygen atoms in total. The minimum absolute atomic E-state index is 0.323. The second-order valence-electron chi connectivity index (χ2n) is 2.75. The van der Waals surface area contributed by atoms with Gasteiger partial charge < -0.3 is 5.32 Å². The summed E-state index contributed by atoms with van der Waals surface area (Å²) in [4.78, 5) is 4.38. The van der Waals surface area contributed by atoms with E-state index in [2.05, 4.69) is 23.3 Å². The van der Waals surface area contributed by atoms with E-state index in [4.69, 9.17) is 5.26 Å². The number of hydrogen-bond donors (Lipinski definition) is 1. The van der Waals surface area contributed by atoms with Crippen molar-refractivity contribution in [3.05, 3.63) is 16.1 Å². The standard InChI is InChI=1S/C9H13N3S/c1-3-7(11-2)8-6-13-9(12-8)4-5-10/h6-7,11H,3-4H2,1-2H3. The van der Waals surface area contributed by atoms with Crippen molar-refractivity contribution >= 4 is 11.3 Å². The van der Waals surface area contributed by atoms with E-state index in [1.54, 1.807) is 11.3 Å². The van der Waals surface area contributed by atoms with E-state index >= 15 is 0 Å². The summed E-state index contributed by atoms with van der Waals surface area (Å²) < 4.78 is 0. The van der Waals surface area contributed by atoms with Crippen LogP contribution in [0.1, 0.15) is 30.1 Å². The van der Waals surface area contributed by atoms with Crippen molar-refractivity contribution in [2.45, 2.75) is 25.8 Å². The topological polar surface area (TPSA) is 48.7 Å². The molecule has 1 atom stereocenters. The Morgan fingerprint density at radius 2 is 2.54 bits per heavy atom. The van der Waals surface area contributed by atoms with Crippen LogP contribution < -0.4 is 5.32 Å². The lowest BCUT2D eigenvalue weighted by Gasteiger charge is -2.09. The van der Waals surface area contributed by atoms with Crippen LogP contribution >= 0.6 is 11.3 Å². The third kappa shape index (κ3) is 2.51. The first-order chi connectivity index (χ1) is 6.31. The maximum atomic E-state index is 8.48. The van der Waals surface area contributed by atoms with E-state index in [1.807, 2.05) is 12.4 Å². The third-order valence-corrected chi connectivity index (χ3v) is 2.78. The minimum Gasteiger partial charge on any atom is -0.312 e. The normalized spacial score (nSPS) is 12.4. The zero-order valence-electron chi connectivity index (χ0n) is 7.87. The highest BCUT2D eigenvalue weighted by molar-refractivity contribution is 7.09. The van der Waals surface area contributed by atoms with Crippen molar-refractivity contribution in [1.82, 2.24) is 10.3 Å². The summed E-state index contributed by atoms with van der Waals surface area (Å²) in [6.07, 6.45) is 1.44. The van der Waals surface area contributed by atoms with Crippen LogP contribution in [-0.2, 0) is 6.42 Å². The Morgan fingerprint density at radius 3 is 3.08 bits per heavy atom. The van der Waals surface area contributed by atoms with E-state index in [1.165, 1.54) is 0 Å². The van der Waals surface area contributed by atoms with Crippen molar-refractivity contribution in [3.8, 4) is 6.07 Å². The van der Waals surface area contributed by atoms with Gasteiger partial charge in [0.25, 0.3) is 0 Å². The van der Waals surface area contributed by atoms with Gasteiger partial charge in [0.05, 0.1) is 18.2 Å². The summed E-state index contributed by atoms with van der Waals surface area (Å²) in [5.41, 5.74) is 1.06. The van der Waals surface area contributed by atoms with Crippen LogP contribution in [0.15, 0.2) is 5.38 Å². The van der Waals surface area contributed by atoms with Crippen molar-refractivity contribution in [2.75, 3.05) is 7.05 Å². The molecule has 0 saturated heterocycles. The molecular weight excluding hydrogens is 182 g/mol. The van der Waals surface area contributed by atoms with Gasteiger partial charge in [-0.2, -0.15) is 5.26 Å². The van der Waals surface area contributed by atoms with Crippen LogP contribution in [0.3, 0.4) is 0 Å². The van der Waals surface area contributed by atoms with Gasteiger partial charge in [-0.1, -0.05) is 6.92 Å². The first-order valence-corrected chi connectivity index (χ1v) is 5.18. The Hall–Kier alpha value is -0.920. The Morgan fingerprint density at radius 1 is 1.77 bits per heavy atom. The minimum atomic E-state index is 0.323. The second-order valence-corrected chi connectivity index (χ2v) is 3.69. The van der Waals surface area contributed by atoms with Crippen molar-refractivity contribution in [3.63, 3.8) is 0 Å². The third-order valence-electron chi connectivity index (χ3n) is 1.91. The quantitative estimate of drug-likeness (QED) is 0.798. The van der Waals surface area contributed by atoms with Gasteiger partial charge in [0.1, 0.15) is 5.01 Å². The molecule has 0 aliphatic carbocycles. The molecule has 0 bridgehead atoms. The van der Waals surface area contributed by atoms with Crippen LogP contribution in [0.4, 0.5) is 0 Å². The fraction of sp³-hybridized carbons (Fsp3) is 0.556. The molecule has 0 spiro atoms. The Bertz CT molecular complexity index is 296. The molecule has 70 valence electrons. The number of aromatic nitrogens is 1. The summed E-state index contributed by atoms with van der Waals surface area (Å²) in [6.45, 7) is 2.12. The molecule has 1 unspecified atom stereocenters. The first kappa shape index (κ1) is 10.2. The molecular formula is C9H13N3S. The predicted molar refractivity (Wildman–Crippen MR) is 53.5 cm³/mol. The van der Waals surface area contributed by atoms with Crippen LogP contribution in [0, 0.1) is 11.3 Å². The predicted octanol–water partition coefficient (Wildman–Crippen LogP) is 1.88. The molecule has 0 radical (unpaired) electrons. The van der Waals surface area contributed by atoms with Gasteiger partial charge in [-0.25, -0.2) is 4.98 Å². The number of nitriles is 1. The summed E-state index contributed by atoms with van der Waals surface area (Å²) in [7, 11) is 1.93. The van der Waals surface area contributed by atoms with Gasteiger partial charge in [-0.15, -0.1) is 11.3 Å².